The SMILES string of the molecule is CC(C)CCOc1cc(F)ccc1B(O)O. The van der Waals surface area contributed by atoms with Crippen LogP contribution in [0.4, 0.5) is 4.39 Å². The van der Waals surface area contributed by atoms with Gasteiger partial charge in [-0.2, -0.15) is 0 Å². The van der Waals surface area contributed by atoms with Gasteiger partial charge in [0.1, 0.15) is 11.6 Å². The second-order valence-electron chi connectivity index (χ2n) is 4.09. The van der Waals surface area contributed by atoms with Crippen LogP contribution in [-0.4, -0.2) is 23.8 Å². The fraction of sp³-hybridized carbons (Fsp3) is 0.455. The Hall–Kier alpha value is -1.07. The summed E-state index contributed by atoms with van der Waals surface area (Å²) in [5, 5.41) is 18.1. The molecular weight excluding hydrogens is 210 g/mol. The van der Waals surface area contributed by atoms with Crippen molar-refractivity contribution < 1.29 is 19.2 Å². The molecule has 3 nitrogen and oxygen atoms in total. The minimum Gasteiger partial charge on any atom is -0.494 e. The second-order valence-corrected chi connectivity index (χ2v) is 4.09. The van der Waals surface area contributed by atoms with E-state index in [0.29, 0.717) is 12.5 Å². The molecule has 0 bridgehead atoms. The van der Waals surface area contributed by atoms with E-state index in [4.69, 9.17) is 14.8 Å². The smallest absolute Gasteiger partial charge is 0.492 e. The summed E-state index contributed by atoms with van der Waals surface area (Å²) >= 11 is 0. The zero-order valence-electron chi connectivity index (χ0n) is 9.48. The molecule has 0 atom stereocenters. The van der Waals surface area contributed by atoms with Crippen LogP contribution in [0.1, 0.15) is 20.3 Å². The van der Waals surface area contributed by atoms with E-state index in [1.807, 2.05) is 0 Å². The number of hydrogen-bond acceptors (Lipinski definition) is 3. The normalized spacial score (nSPS) is 10.6. The Morgan fingerprint density at radius 3 is 2.62 bits per heavy atom. The molecule has 0 amide bonds. The third kappa shape index (κ3) is 3.83. The lowest BCUT2D eigenvalue weighted by molar-refractivity contribution is 0.289. The van der Waals surface area contributed by atoms with Gasteiger partial charge in [0.15, 0.2) is 0 Å². The average molecular weight is 226 g/mol. The van der Waals surface area contributed by atoms with Gasteiger partial charge in [-0.1, -0.05) is 19.9 Å². The highest BCUT2D eigenvalue weighted by atomic mass is 19.1. The maximum absolute atomic E-state index is 13.0. The number of rotatable bonds is 5. The zero-order chi connectivity index (χ0) is 12.1. The van der Waals surface area contributed by atoms with Gasteiger partial charge in [-0.3, -0.25) is 0 Å². The second kappa shape index (κ2) is 5.87. The molecule has 0 spiro atoms. The molecule has 0 unspecified atom stereocenters. The molecule has 0 heterocycles. The molecule has 1 rings (SSSR count). The lowest BCUT2D eigenvalue weighted by atomic mass is 9.79. The summed E-state index contributed by atoms with van der Waals surface area (Å²) in [5.41, 5.74) is 0.185. The van der Waals surface area contributed by atoms with Crippen molar-refractivity contribution in [3.63, 3.8) is 0 Å². The summed E-state index contributed by atoms with van der Waals surface area (Å²) in [4.78, 5) is 0. The first-order valence-corrected chi connectivity index (χ1v) is 5.29. The fourth-order valence-corrected chi connectivity index (χ4v) is 1.25. The summed E-state index contributed by atoms with van der Waals surface area (Å²) in [7, 11) is -1.64. The van der Waals surface area contributed by atoms with E-state index in [0.717, 1.165) is 12.5 Å². The predicted molar refractivity (Wildman–Crippen MR) is 61.2 cm³/mol. The quantitative estimate of drug-likeness (QED) is 0.734. The standard InChI is InChI=1S/C11H16BFO3/c1-8(2)5-6-16-11-7-9(13)3-4-10(11)12(14)15/h3-4,7-8,14-15H,5-6H2,1-2H3. The lowest BCUT2D eigenvalue weighted by Crippen LogP contribution is -2.31. The van der Waals surface area contributed by atoms with E-state index in [1.54, 1.807) is 0 Å². The minimum absolute atomic E-state index is 0.185. The van der Waals surface area contributed by atoms with E-state index >= 15 is 0 Å². The van der Waals surface area contributed by atoms with E-state index in [9.17, 15) is 4.39 Å². The van der Waals surface area contributed by atoms with E-state index in [1.165, 1.54) is 12.1 Å². The summed E-state index contributed by atoms with van der Waals surface area (Å²) < 4.78 is 18.3. The summed E-state index contributed by atoms with van der Waals surface area (Å²) in [6.07, 6.45) is 0.831. The molecule has 0 aliphatic heterocycles. The van der Waals surface area contributed by atoms with Gasteiger partial charge >= 0.3 is 7.12 Å². The van der Waals surface area contributed by atoms with Crippen molar-refractivity contribution >= 4 is 12.6 Å². The van der Waals surface area contributed by atoms with Gasteiger partial charge in [-0.15, -0.1) is 0 Å². The maximum Gasteiger partial charge on any atom is 0.492 e. The van der Waals surface area contributed by atoms with E-state index < -0.39 is 12.9 Å². The van der Waals surface area contributed by atoms with Crippen LogP contribution in [0, 0.1) is 11.7 Å². The Morgan fingerprint density at radius 2 is 2.06 bits per heavy atom. The Bertz CT molecular complexity index is 342. The molecule has 0 radical (unpaired) electrons. The lowest BCUT2D eigenvalue weighted by Gasteiger charge is -2.12. The molecule has 0 saturated heterocycles. The van der Waals surface area contributed by atoms with Gasteiger partial charge in [0.05, 0.1) is 6.61 Å². The van der Waals surface area contributed by atoms with Gasteiger partial charge in [0, 0.05) is 11.5 Å². The molecule has 0 aliphatic carbocycles. The topological polar surface area (TPSA) is 49.7 Å². The highest BCUT2D eigenvalue weighted by molar-refractivity contribution is 6.59. The van der Waals surface area contributed by atoms with Crippen LogP contribution < -0.4 is 10.2 Å². The van der Waals surface area contributed by atoms with Crippen LogP contribution in [0.3, 0.4) is 0 Å². The first kappa shape index (κ1) is 13.0. The molecular formula is C11H16BFO3. The van der Waals surface area contributed by atoms with Crippen LogP contribution in [0.2, 0.25) is 0 Å². The average Bonchev–Trinajstić information content (AvgIpc) is 2.16. The number of halogens is 1. The third-order valence-corrected chi connectivity index (χ3v) is 2.21. The molecule has 2 N–H and O–H groups in total. The molecule has 1 aromatic carbocycles. The maximum atomic E-state index is 13.0. The van der Waals surface area contributed by atoms with Crippen molar-refractivity contribution in [2.24, 2.45) is 5.92 Å². The van der Waals surface area contributed by atoms with Crippen LogP contribution >= 0.6 is 0 Å². The Balaban J connectivity index is 2.72. The van der Waals surface area contributed by atoms with E-state index in [2.05, 4.69) is 13.8 Å². The summed E-state index contributed by atoms with van der Waals surface area (Å²) in [5.74, 6) is 0.218. The fourth-order valence-electron chi connectivity index (χ4n) is 1.25. The van der Waals surface area contributed by atoms with E-state index in [-0.39, 0.29) is 11.2 Å². The molecule has 0 aromatic heterocycles. The molecule has 16 heavy (non-hydrogen) atoms. The molecule has 0 aliphatic rings. The first-order valence-electron chi connectivity index (χ1n) is 5.29. The molecule has 1 aromatic rings. The Kier molecular flexibility index (Phi) is 4.77. The largest absolute Gasteiger partial charge is 0.494 e. The van der Waals surface area contributed by atoms with Crippen molar-refractivity contribution in [1.82, 2.24) is 0 Å². The highest BCUT2D eigenvalue weighted by Gasteiger charge is 2.17. The zero-order valence-corrected chi connectivity index (χ0v) is 9.48. The van der Waals surface area contributed by atoms with Crippen molar-refractivity contribution in [2.75, 3.05) is 6.61 Å². The number of hydrogen-bond donors (Lipinski definition) is 2. The molecule has 5 heteroatoms. The van der Waals surface area contributed by atoms with Crippen molar-refractivity contribution in [1.29, 1.82) is 0 Å². The van der Waals surface area contributed by atoms with Gasteiger partial charge in [-0.05, 0) is 18.4 Å². The first-order chi connectivity index (χ1) is 7.50. The third-order valence-electron chi connectivity index (χ3n) is 2.21. The van der Waals surface area contributed by atoms with Gasteiger partial charge < -0.3 is 14.8 Å². The Labute approximate surface area is 95.0 Å². The van der Waals surface area contributed by atoms with Gasteiger partial charge in [-0.25, -0.2) is 4.39 Å². The Morgan fingerprint density at radius 1 is 1.38 bits per heavy atom. The predicted octanol–water partition coefficient (Wildman–Crippen LogP) is 0.930. The van der Waals surface area contributed by atoms with Crippen LogP contribution in [0.25, 0.3) is 0 Å². The number of benzene rings is 1. The van der Waals surface area contributed by atoms with Crippen molar-refractivity contribution in [2.45, 2.75) is 20.3 Å². The highest BCUT2D eigenvalue weighted by Crippen LogP contribution is 2.12. The van der Waals surface area contributed by atoms with Gasteiger partial charge in [0.2, 0.25) is 0 Å². The molecule has 0 fully saturated rings. The van der Waals surface area contributed by atoms with Crippen LogP contribution in [-0.2, 0) is 0 Å². The van der Waals surface area contributed by atoms with Crippen LogP contribution in [0.5, 0.6) is 5.75 Å². The van der Waals surface area contributed by atoms with Gasteiger partial charge in [0.25, 0.3) is 0 Å². The minimum atomic E-state index is -1.64. The summed E-state index contributed by atoms with van der Waals surface area (Å²) in [6.45, 7) is 4.54. The number of ether oxygens (including phenoxy) is 1. The van der Waals surface area contributed by atoms with Crippen molar-refractivity contribution in [3.8, 4) is 5.75 Å². The monoisotopic (exact) mass is 226 g/mol. The summed E-state index contributed by atoms with van der Waals surface area (Å²) in [6, 6.07) is 3.64. The molecule has 88 valence electrons. The van der Waals surface area contributed by atoms with Crippen molar-refractivity contribution in [3.05, 3.63) is 24.0 Å². The van der Waals surface area contributed by atoms with Crippen LogP contribution in [0.15, 0.2) is 18.2 Å². The molecule has 0 saturated carbocycles.